The molecule has 0 unspecified atom stereocenters. The van der Waals surface area contributed by atoms with Crippen LogP contribution in [0.2, 0.25) is 5.02 Å². The van der Waals surface area contributed by atoms with Gasteiger partial charge in [0.25, 0.3) is 11.1 Å². The summed E-state index contributed by atoms with van der Waals surface area (Å²) in [5.41, 5.74) is 0.669. The number of halogens is 1. The monoisotopic (exact) mass is 493 g/mol. The zero-order valence-corrected chi connectivity index (χ0v) is 19.3. The molecule has 0 bridgehead atoms. The molecule has 0 radical (unpaired) electrons. The molecule has 1 aromatic heterocycles. The van der Waals surface area contributed by atoms with Gasteiger partial charge in [-0.3, -0.25) is 4.79 Å². The maximum absolute atomic E-state index is 13.0. The first-order chi connectivity index (χ1) is 15.4. The molecule has 1 atom stereocenters. The molecule has 2 aromatic carbocycles. The van der Waals surface area contributed by atoms with Gasteiger partial charge in [0.1, 0.15) is 5.75 Å². The van der Waals surface area contributed by atoms with Gasteiger partial charge in [-0.2, -0.15) is 0 Å². The number of para-hydroxylation sites is 1. The molecule has 0 saturated carbocycles. The van der Waals surface area contributed by atoms with Crippen molar-refractivity contribution < 1.29 is 22.4 Å². The molecule has 0 N–H and O–H groups in total. The van der Waals surface area contributed by atoms with E-state index >= 15 is 0 Å². The highest BCUT2D eigenvalue weighted by Gasteiger charge is 2.35. The van der Waals surface area contributed by atoms with E-state index in [2.05, 4.69) is 10.2 Å². The minimum absolute atomic E-state index is 0.0329. The van der Waals surface area contributed by atoms with Crippen LogP contribution in [0.15, 0.2) is 64.2 Å². The second-order valence-electron chi connectivity index (χ2n) is 7.15. The fourth-order valence-corrected chi connectivity index (χ4v) is 5.82. The van der Waals surface area contributed by atoms with Gasteiger partial charge >= 0.3 is 0 Å². The van der Waals surface area contributed by atoms with Crippen molar-refractivity contribution in [2.45, 2.75) is 24.3 Å². The van der Waals surface area contributed by atoms with Crippen molar-refractivity contribution in [3.05, 3.63) is 65.5 Å². The average molecular weight is 494 g/mol. The number of amides is 1. The number of hydrogen-bond donors (Lipinski definition) is 0. The Kier molecular flexibility index (Phi) is 7.02. The molecule has 1 amide bonds. The van der Waals surface area contributed by atoms with Gasteiger partial charge in [0.15, 0.2) is 16.4 Å². The van der Waals surface area contributed by atoms with E-state index in [0.717, 1.165) is 11.8 Å². The number of hydrogen-bond acceptors (Lipinski definition) is 8. The molecule has 1 saturated heterocycles. The van der Waals surface area contributed by atoms with Crippen molar-refractivity contribution in [2.75, 3.05) is 22.2 Å². The number of anilines is 1. The summed E-state index contributed by atoms with van der Waals surface area (Å²) in [5.74, 6) is 0.747. The zero-order chi connectivity index (χ0) is 22.6. The molecule has 0 spiro atoms. The Morgan fingerprint density at radius 3 is 2.59 bits per heavy atom. The third-order valence-electron chi connectivity index (χ3n) is 4.82. The largest absolute Gasteiger partial charge is 0.484 e. The first-order valence-electron chi connectivity index (χ1n) is 9.81. The van der Waals surface area contributed by atoms with Crippen LogP contribution in [0.3, 0.4) is 0 Å². The molecule has 1 fully saturated rings. The normalized spacial score (nSPS) is 17.2. The summed E-state index contributed by atoms with van der Waals surface area (Å²) in [5, 5.41) is 8.72. The lowest BCUT2D eigenvalue weighted by Gasteiger charge is -2.28. The highest BCUT2D eigenvalue weighted by Crippen LogP contribution is 2.27. The van der Waals surface area contributed by atoms with Crippen LogP contribution in [0.4, 0.5) is 5.69 Å². The van der Waals surface area contributed by atoms with Crippen LogP contribution in [-0.4, -0.2) is 47.8 Å². The SMILES string of the molecule is O=C(CSc1nnc(COc2ccc(Cl)cc2)o1)N(c1ccccc1)[C@@H]1CCS(=O)(=O)C1. The highest BCUT2D eigenvalue weighted by molar-refractivity contribution is 7.99. The topological polar surface area (TPSA) is 103 Å². The number of benzene rings is 2. The molecular weight excluding hydrogens is 474 g/mol. The maximum Gasteiger partial charge on any atom is 0.277 e. The number of aromatic nitrogens is 2. The van der Waals surface area contributed by atoms with Crippen LogP contribution in [0.5, 0.6) is 5.75 Å². The van der Waals surface area contributed by atoms with Gasteiger partial charge < -0.3 is 14.1 Å². The van der Waals surface area contributed by atoms with E-state index in [9.17, 15) is 13.2 Å². The summed E-state index contributed by atoms with van der Waals surface area (Å²) in [4.78, 5) is 14.6. The van der Waals surface area contributed by atoms with Gasteiger partial charge in [0.2, 0.25) is 5.91 Å². The van der Waals surface area contributed by atoms with E-state index in [1.807, 2.05) is 18.2 Å². The van der Waals surface area contributed by atoms with E-state index in [1.54, 1.807) is 41.3 Å². The summed E-state index contributed by atoms with van der Waals surface area (Å²) in [7, 11) is -3.14. The molecule has 168 valence electrons. The number of nitrogens with zero attached hydrogens (tertiary/aromatic N) is 3. The lowest BCUT2D eigenvalue weighted by molar-refractivity contribution is -0.116. The average Bonchev–Trinajstić information content (AvgIpc) is 3.38. The molecule has 8 nitrogen and oxygen atoms in total. The lowest BCUT2D eigenvalue weighted by Crippen LogP contribution is -2.42. The van der Waals surface area contributed by atoms with Crippen LogP contribution in [0.25, 0.3) is 0 Å². The summed E-state index contributed by atoms with van der Waals surface area (Å²) in [6.07, 6.45) is 0.417. The van der Waals surface area contributed by atoms with E-state index < -0.39 is 9.84 Å². The van der Waals surface area contributed by atoms with Crippen molar-refractivity contribution >= 4 is 44.8 Å². The fraction of sp³-hybridized carbons (Fsp3) is 0.286. The van der Waals surface area contributed by atoms with Crippen LogP contribution in [-0.2, 0) is 21.2 Å². The van der Waals surface area contributed by atoms with Crippen molar-refractivity contribution in [3.63, 3.8) is 0 Å². The lowest BCUT2D eigenvalue weighted by atomic mass is 10.2. The second-order valence-corrected chi connectivity index (χ2v) is 10.7. The van der Waals surface area contributed by atoms with Crippen molar-refractivity contribution in [1.29, 1.82) is 0 Å². The molecule has 0 aliphatic carbocycles. The molecule has 2 heterocycles. The third kappa shape index (κ3) is 5.81. The Labute approximate surface area is 194 Å². The first-order valence-corrected chi connectivity index (χ1v) is 13.0. The Morgan fingerprint density at radius 2 is 1.91 bits per heavy atom. The predicted molar refractivity (Wildman–Crippen MR) is 122 cm³/mol. The number of carbonyl (C=O) groups excluding carboxylic acids is 1. The van der Waals surface area contributed by atoms with Crippen LogP contribution in [0.1, 0.15) is 12.3 Å². The summed E-state index contributed by atoms with van der Waals surface area (Å²) < 4.78 is 35.1. The van der Waals surface area contributed by atoms with E-state index in [4.69, 9.17) is 20.8 Å². The van der Waals surface area contributed by atoms with Gasteiger partial charge in [0.05, 0.1) is 23.3 Å². The zero-order valence-electron chi connectivity index (χ0n) is 16.9. The molecule has 1 aliphatic rings. The summed E-state index contributed by atoms with van der Waals surface area (Å²) in [6.45, 7) is 0.0826. The fourth-order valence-electron chi connectivity index (χ4n) is 3.35. The molecular formula is C21H20ClN3O5S2. The number of sulfone groups is 1. The smallest absolute Gasteiger partial charge is 0.277 e. The Morgan fingerprint density at radius 1 is 1.16 bits per heavy atom. The standard InChI is InChI=1S/C21H20ClN3O5S2/c22-15-6-8-18(9-7-15)29-12-19-23-24-21(30-19)31-13-20(26)25(16-4-2-1-3-5-16)17-10-11-32(27,28)14-17/h1-9,17H,10-14H2/t17-/m1/s1. The molecule has 1 aliphatic heterocycles. The second kappa shape index (κ2) is 9.93. The van der Waals surface area contributed by atoms with Crippen molar-refractivity contribution in [2.24, 2.45) is 0 Å². The Hall–Kier alpha value is -2.56. The van der Waals surface area contributed by atoms with Crippen molar-refractivity contribution in [1.82, 2.24) is 10.2 Å². The number of carbonyl (C=O) groups is 1. The van der Waals surface area contributed by atoms with Gasteiger partial charge in [-0.25, -0.2) is 8.42 Å². The number of rotatable bonds is 8. The van der Waals surface area contributed by atoms with E-state index in [0.29, 0.717) is 22.9 Å². The molecule has 3 aromatic rings. The number of ether oxygens (including phenoxy) is 1. The quantitative estimate of drug-likeness (QED) is 0.438. The van der Waals surface area contributed by atoms with E-state index in [-0.39, 0.29) is 46.9 Å². The Bertz CT molecular complexity index is 1170. The van der Waals surface area contributed by atoms with Crippen LogP contribution >= 0.6 is 23.4 Å². The van der Waals surface area contributed by atoms with Gasteiger partial charge in [-0.05, 0) is 42.8 Å². The van der Waals surface area contributed by atoms with Gasteiger partial charge in [-0.1, -0.05) is 41.6 Å². The molecule has 32 heavy (non-hydrogen) atoms. The van der Waals surface area contributed by atoms with Gasteiger partial charge in [-0.15, -0.1) is 10.2 Å². The van der Waals surface area contributed by atoms with Gasteiger partial charge in [0, 0.05) is 10.7 Å². The molecule has 11 heteroatoms. The molecule has 4 rings (SSSR count). The Balaban J connectivity index is 1.37. The van der Waals surface area contributed by atoms with Crippen LogP contribution in [0, 0.1) is 0 Å². The van der Waals surface area contributed by atoms with E-state index in [1.165, 1.54) is 0 Å². The number of thioether (sulfide) groups is 1. The summed E-state index contributed by atoms with van der Waals surface area (Å²) in [6, 6.07) is 15.6. The van der Waals surface area contributed by atoms with Crippen LogP contribution < -0.4 is 9.64 Å². The first kappa shape index (κ1) is 22.6. The maximum atomic E-state index is 13.0. The van der Waals surface area contributed by atoms with Crippen molar-refractivity contribution in [3.8, 4) is 5.75 Å². The minimum atomic E-state index is -3.14. The minimum Gasteiger partial charge on any atom is -0.484 e. The predicted octanol–water partition coefficient (Wildman–Crippen LogP) is 3.61. The highest BCUT2D eigenvalue weighted by atomic mass is 35.5. The third-order valence-corrected chi connectivity index (χ3v) is 7.63. The summed E-state index contributed by atoms with van der Waals surface area (Å²) >= 11 is 6.95.